The summed E-state index contributed by atoms with van der Waals surface area (Å²) in [6.45, 7) is 2.08. The van der Waals surface area contributed by atoms with E-state index in [1.54, 1.807) is 7.11 Å². The third-order valence-electron chi connectivity index (χ3n) is 4.15. The molecule has 5 nitrogen and oxygen atoms in total. The molecule has 0 aliphatic carbocycles. The van der Waals surface area contributed by atoms with Gasteiger partial charge in [-0.3, -0.25) is 4.79 Å². The van der Waals surface area contributed by atoms with Gasteiger partial charge in [0.25, 0.3) is 0 Å². The van der Waals surface area contributed by atoms with Crippen LogP contribution in [0.2, 0.25) is 0 Å². The van der Waals surface area contributed by atoms with Gasteiger partial charge >= 0.3 is 0 Å². The summed E-state index contributed by atoms with van der Waals surface area (Å²) in [6.07, 6.45) is 1.34. The summed E-state index contributed by atoms with van der Waals surface area (Å²) in [4.78, 5) is 11.2. The highest BCUT2D eigenvalue weighted by molar-refractivity contribution is 5.85. The highest BCUT2D eigenvalue weighted by Crippen LogP contribution is 2.30. The molecule has 25 heavy (non-hydrogen) atoms. The largest absolute Gasteiger partial charge is 0.497 e. The second kappa shape index (κ2) is 7.30. The Labute approximate surface area is 146 Å². The van der Waals surface area contributed by atoms with E-state index in [9.17, 15) is 4.79 Å². The lowest BCUT2D eigenvalue weighted by Crippen LogP contribution is -2.22. The number of nitrogens with one attached hydrogen (secondary N) is 1. The summed E-state index contributed by atoms with van der Waals surface area (Å²) < 4.78 is 11.4. The van der Waals surface area contributed by atoms with Crippen LogP contribution in [0.4, 0.5) is 5.69 Å². The first kappa shape index (κ1) is 16.9. The van der Waals surface area contributed by atoms with Crippen molar-refractivity contribution in [2.75, 3.05) is 19.4 Å². The predicted molar refractivity (Wildman–Crippen MR) is 98.8 cm³/mol. The van der Waals surface area contributed by atoms with Crippen LogP contribution < -0.4 is 15.8 Å². The number of anilines is 1. The summed E-state index contributed by atoms with van der Waals surface area (Å²) in [7, 11) is 1.65. The van der Waals surface area contributed by atoms with E-state index in [2.05, 4.69) is 5.32 Å². The lowest BCUT2D eigenvalue weighted by Gasteiger charge is -2.06. The molecule has 1 aromatic heterocycles. The molecule has 1 amide bonds. The third-order valence-corrected chi connectivity index (χ3v) is 4.15. The number of fused-ring (bicyclic) bond motifs is 1. The number of benzene rings is 2. The average molecular weight is 338 g/mol. The molecule has 0 bridgehead atoms. The van der Waals surface area contributed by atoms with E-state index in [-0.39, 0.29) is 5.91 Å². The van der Waals surface area contributed by atoms with Crippen molar-refractivity contribution in [1.29, 1.82) is 0 Å². The lowest BCUT2D eigenvalue weighted by atomic mass is 10.0. The van der Waals surface area contributed by atoms with Gasteiger partial charge in [-0.1, -0.05) is 12.1 Å². The molecule has 0 aliphatic rings. The molecule has 130 valence electrons. The number of methoxy groups -OCH3 is 1. The number of rotatable bonds is 6. The maximum Gasteiger partial charge on any atom is 0.216 e. The standard InChI is InChI=1S/C20H22N2O3/c1-13(23)22-9-8-17-18-12-15(21)6-7-19(18)25-20(17)11-14-4-3-5-16(10-14)24-2/h3-7,10,12H,8-9,11,21H2,1-2H3,(H,22,23). The van der Waals surface area contributed by atoms with Gasteiger partial charge in [0.2, 0.25) is 5.91 Å². The zero-order valence-corrected chi connectivity index (χ0v) is 14.5. The monoisotopic (exact) mass is 338 g/mol. The van der Waals surface area contributed by atoms with Crippen LogP contribution in [-0.4, -0.2) is 19.6 Å². The number of hydrogen-bond donors (Lipinski definition) is 2. The van der Waals surface area contributed by atoms with Crippen molar-refractivity contribution < 1.29 is 13.9 Å². The van der Waals surface area contributed by atoms with Crippen molar-refractivity contribution >= 4 is 22.6 Å². The lowest BCUT2D eigenvalue weighted by molar-refractivity contribution is -0.118. The van der Waals surface area contributed by atoms with Crippen molar-refractivity contribution in [2.45, 2.75) is 19.8 Å². The summed E-state index contributed by atoms with van der Waals surface area (Å²) in [6, 6.07) is 13.6. The maximum absolute atomic E-state index is 11.2. The van der Waals surface area contributed by atoms with Crippen molar-refractivity contribution in [3.63, 3.8) is 0 Å². The Morgan fingerprint density at radius 1 is 1.24 bits per heavy atom. The Hall–Kier alpha value is -2.95. The van der Waals surface area contributed by atoms with Gasteiger partial charge in [-0.25, -0.2) is 0 Å². The molecular formula is C20H22N2O3. The summed E-state index contributed by atoms with van der Waals surface area (Å²) >= 11 is 0. The number of amides is 1. The molecular weight excluding hydrogens is 316 g/mol. The van der Waals surface area contributed by atoms with E-state index in [1.165, 1.54) is 6.92 Å². The molecule has 0 fully saturated rings. The number of carbonyl (C=O) groups excluding carboxylic acids is 1. The molecule has 0 saturated carbocycles. The molecule has 0 unspecified atom stereocenters. The minimum Gasteiger partial charge on any atom is -0.497 e. The van der Waals surface area contributed by atoms with E-state index >= 15 is 0 Å². The van der Waals surface area contributed by atoms with Crippen molar-refractivity contribution in [3.05, 3.63) is 59.4 Å². The molecule has 3 aromatic rings. The van der Waals surface area contributed by atoms with Crippen molar-refractivity contribution in [1.82, 2.24) is 5.32 Å². The van der Waals surface area contributed by atoms with Crippen molar-refractivity contribution in [2.24, 2.45) is 0 Å². The fourth-order valence-electron chi connectivity index (χ4n) is 2.97. The number of nitrogens with two attached hydrogens (primary N) is 1. The summed E-state index contributed by atoms with van der Waals surface area (Å²) in [5, 5.41) is 3.84. The molecule has 0 radical (unpaired) electrons. The van der Waals surface area contributed by atoms with Crippen LogP contribution in [0.5, 0.6) is 5.75 Å². The van der Waals surface area contributed by atoms with Gasteiger partial charge in [-0.05, 0) is 42.3 Å². The summed E-state index contributed by atoms with van der Waals surface area (Å²) in [5.41, 5.74) is 9.63. The average Bonchev–Trinajstić information content (AvgIpc) is 2.91. The van der Waals surface area contributed by atoms with Gasteiger partial charge in [0.1, 0.15) is 17.1 Å². The minimum atomic E-state index is -0.0401. The molecule has 5 heteroatoms. The summed E-state index contributed by atoms with van der Waals surface area (Å²) in [5.74, 6) is 1.67. The highest BCUT2D eigenvalue weighted by Gasteiger charge is 2.15. The number of hydrogen-bond acceptors (Lipinski definition) is 4. The van der Waals surface area contributed by atoms with Crippen LogP contribution in [0.25, 0.3) is 11.0 Å². The van der Waals surface area contributed by atoms with E-state index in [0.717, 1.165) is 33.6 Å². The SMILES string of the molecule is COc1cccc(Cc2oc3ccc(N)cc3c2CCNC(C)=O)c1. The molecule has 0 saturated heterocycles. The molecule has 0 aliphatic heterocycles. The number of ether oxygens (including phenoxy) is 1. The molecule has 3 N–H and O–H groups in total. The Bertz CT molecular complexity index is 899. The van der Waals surface area contributed by atoms with Crippen LogP contribution in [0.3, 0.4) is 0 Å². The maximum atomic E-state index is 11.2. The molecule has 0 spiro atoms. The van der Waals surface area contributed by atoms with Gasteiger partial charge in [-0.2, -0.15) is 0 Å². The van der Waals surface area contributed by atoms with Gasteiger partial charge in [0.15, 0.2) is 0 Å². The van der Waals surface area contributed by atoms with Crippen LogP contribution in [0, 0.1) is 0 Å². The number of furan rings is 1. The second-order valence-electron chi connectivity index (χ2n) is 6.02. The minimum absolute atomic E-state index is 0.0401. The highest BCUT2D eigenvalue weighted by atomic mass is 16.5. The first-order valence-corrected chi connectivity index (χ1v) is 8.24. The van der Waals surface area contributed by atoms with Crippen LogP contribution in [0.15, 0.2) is 46.9 Å². The van der Waals surface area contributed by atoms with Crippen LogP contribution in [0.1, 0.15) is 23.8 Å². The van der Waals surface area contributed by atoms with E-state index < -0.39 is 0 Å². The predicted octanol–water partition coefficient (Wildman–Crippen LogP) is 3.29. The Morgan fingerprint density at radius 3 is 2.84 bits per heavy atom. The Morgan fingerprint density at radius 2 is 2.08 bits per heavy atom. The van der Waals surface area contributed by atoms with Gasteiger partial charge < -0.3 is 20.2 Å². The van der Waals surface area contributed by atoms with E-state index in [0.29, 0.717) is 25.1 Å². The van der Waals surface area contributed by atoms with Crippen LogP contribution in [-0.2, 0) is 17.6 Å². The van der Waals surface area contributed by atoms with Gasteiger partial charge in [-0.15, -0.1) is 0 Å². The fourth-order valence-corrected chi connectivity index (χ4v) is 2.97. The third kappa shape index (κ3) is 3.94. The zero-order chi connectivity index (χ0) is 17.8. The first-order chi connectivity index (χ1) is 12.1. The van der Waals surface area contributed by atoms with E-state index in [1.807, 2.05) is 42.5 Å². The molecule has 1 heterocycles. The normalized spacial score (nSPS) is 10.8. The van der Waals surface area contributed by atoms with Crippen molar-refractivity contribution in [3.8, 4) is 5.75 Å². The fraction of sp³-hybridized carbons (Fsp3) is 0.250. The molecule has 0 atom stereocenters. The smallest absolute Gasteiger partial charge is 0.216 e. The topological polar surface area (TPSA) is 77.5 Å². The second-order valence-corrected chi connectivity index (χ2v) is 6.02. The quantitative estimate of drug-likeness (QED) is 0.676. The Kier molecular flexibility index (Phi) is 4.93. The molecule has 3 rings (SSSR count). The van der Waals surface area contributed by atoms with Crippen LogP contribution >= 0.6 is 0 Å². The van der Waals surface area contributed by atoms with E-state index in [4.69, 9.17) is 14.9 Å². The number of carbonyl (C=O) groups is 1. The number of nitrogen functional groups attached to an aromatic ring is 1. The Balaban J connectivity index is 1.95. The van der Waals surface area contributed by atoms with Gasteiger partial charge in [0.05, 0.1) is 7.11 Å². The van der Waals surface area contributed by atoms with Gasteiger partial charge in [0, 0.05) is 36.5 Å². The molecule has 2 aromatic carbocycles. The zero-order valence-electron chi connectivity index (χ0n) is 14.5. The first-order valence-electron chi connectivity index (χ1n) is 8.24.